The molecule has 0 aliphatic heterocycles. The van der Waals surface area contributed by atoms with Crippen LogP contribution in [0.2, 0.25) is 0 Å². The number of hydrogen-bond donors (Lipinski definition) is 2. The number of anilines is 1. The smallest absolute Gasteiger partial charge is 0.240 e. The third kappa shape index (κ3) is 2.87. The average molecular weight is 284 g/mol. The normalized spacial score (nSPS) is 11.6. The Hall–Kier alpha value is -1.44. The topological polar surface area (TPSA) is 99.3 Å². The maximum atomic E-state index is 11.3. The highest BCUT2D eigenvalue weighted by Gasteiger charge is 2.15. The van der Waals surface area contributed by atoms with E-state index in [9.17, 15) is 8.42 Å². The molecule has 96 valence electrons. The maximum absolute atomic E-state index is 11.3. The Labute approximate surface area is 109 Å². The van der Waals surface area contributed by atoms with Crippen molar-refractivity contribution >= 4 is 27.5 Å². The van der Waals surface area contributed by atoms with Gasteiger partial charge in [-0.15, -0.1) is 11.8 Å². The van der Waals surface area contributed by atoms with Crippen LogP contribution in [0.5, 0.6) is 0 Å². The third-order valence-electron chi connectivity index (χ3n) is 2.28. The van der Waals surface area contributed by atoms with Crippen LogP contribution in [0.15, 0.2) is 50.8 Å². The zero-order valence-electron chi connectivity index (χ0n) is 9.37. The molecule has 1 aromatic carbocycles. The predicted octanol–water partition coefficient (Wildman–Crippen LogP) is 1.80. The van der Waals surface area contributed by atoms with Crippen molar-refractivity contribution in [3.05, 3.63) is 42.4 Å². The molecule has 1 aromatic heterocycles. The van der Waals surface area contributed by atoms with Crippen molar-refractivity contribution < 1.29 is 12.8 Å². The number of nitrogen functional groups attached to an aromatic ring is 1. The third-order valence-corrected chi connectivity index (χ3v) is 4.35. The van der Waals surface area contributed by atoms with Crippen LogP contribution in [0.4, 0.5) is 5.69 Å². The van der Waals surface area contributed by atoms with E-state index in [-0.39, 0.29) is 10.6 Å². The van der Waals surface area contributed by atoms with Crippen LogP contribution in [0.25, 0.3) is 0 Å². The van der Waals surface area contributed by atoms with Gasteiger partial charge in [0.2, 0.25) is 10.0 Å². The van der Waals surface area contributed by atoms with Gasteiger partial charge in [0.25, 0.3) is 0 Å². The van der Waals surface area contributed by atoms with Gasteiger partial charge in [0, 0.05) is 4.90 Å². The molecule has 0 fully saturated rings. The van der Waals surface area contributed by atoms with Gasteiger partial charge < -0.3 is 10.2 Å². The molecule has 0 radical (unpaired) electrons. The van der Waals surface area contributed by atoms with Crippen molar-refractivity contribution in [2.75, 3.05) is 5.73 Å². The van der Waals surface area contributed by atoms with Crippen molar-refractivity contribution in [3.63, 3.8) is 0 Å². The first-order valence-electron chi connectivity index (χ1n) is 5.05. The molecule has 0 spiro atoms. The molecule has 0 saturated carbocycles. The molecule has 2 aromatic rings. The minimum atomic E-state index is -3.79. The summed E-state index contributed by atoms with van der Waals surface area (Å²) in [4.78, 5) is 0.616. The van der Waals surface area contributed by atoms with Gasteiger partial charge in [-0.05, 0) is 24.3 Å². The van der Waals surface area contributed by atoms with Gasteiger partial charge in [-0.3, -0.25) is 0 Å². The summed E-state index contributed by atoms with van der Waals surface area (Å²) in [6.45, 7) is 0. The van der Waals surface area contributed by atoms with Crippen molar-refractivity contribution in [1.29, 1.82) is 0 Å². The van der Waals surface area contributed by atoms with Crippen LogP contribution in [0.3, 0.4) is 0 Å². The van der Waals surface area contributed by atoms with E-state index in [1.165, 1.54) is 17.8 Å². The van der Waals surface area contributed by atoms with Gasteiger partial charge in [0.1, 0.15) is 10.7 Å². The van der Waals surface area contributed by atoms with Gasteiger partial charge >= 0.3 is 0 Å². The zero-order valence-corrected chi connectivity index (χ0v) is 11.0. The summed E-state index contributed by atoms with van der Waals surface area (Å²) in [5.41, 5.74) is 5.98. The second-order valence-electron chi connectivity index (χ2n) is 3.58. The molecule has 4 N–H and O–H groups in total. The molecule has 2 rings (SSSR count). The van der Waals surface area contributed by atoms with E-state index in [0.717, 1.165) is 5.76 Å². The van der Waals surface area contributed by atoms with Gasteiger partial charge in [0.05, 0.1) is 17.7 Å². The quantitative estimate of drug-likeness (QED) is 0.658. The highest BCUT2D eigenvalue weighted by Crippen LogP contribution is 2.31. The summed E-state index contributed by atoms with van der Waals surface area (Å²) >= 11 is 1.40. The summed E-state index contributed by atoms with van der Waals surface area (Å²) in [6, 6.07) is 8.38. The van der Waals surface area contributed by atoms with Crippen LogP contribution < -0.4 is 10.9 Å². The fraction of sp³-hybridized carbons (Fsp3) is 0.0909. The molecule has 0 atom stereocenters. The van der Waals surface area contributed by atoms with E-state index >= 15 is 0 Å². The summed E-state index contributed by atoms with van der Waals surface area (Å²) in [6.07, 6.45) is 1.58. The number of thioether (sulfide) groups is 1. The summed E-state index contributed by atoms with van der Waals surface area (Å²) in [5.74, 6) is 1.37. The highest BCUT2D eigenvalue weighted by atomic mass is 32.2. The van der Waals surface area contributed by atoms with Crippen molar-refractivity contribution in [3.8, 4) is 0 Å². The van der Waals surface area contributed by atoms with E-state index < -0.39 is 10.0 Å². The Morgan fingerprint density at radius 1 is 1.22 bits per heavy atom. The second-order valence-corrected chi connectivity index (χ2v) is 6.13. The van der Waals surface area contributed by atoms with E-state index in [1.807, 2.05) is 6.07 Å². The van der Waals surface area contributed by atoms with Crippen LogP contribution in [-0.4, -0.2) is 8.42 Å². The van der Waals surface area contributed by atoms with Gasteiger partial charge in [-0.25, -0.2) is 13.6 Å². The molecule has 18 heavy (non-hydrogen) atoms. The number of furan rings is 1. The Balaban J connectivity index is 2.24. The molecule has 0 aliphatic rings. The van der Waals surface area contributed by atoms with Crippen LogP contribution in [0, 0.1) is 0 Å². The number of benzene rings is 1. The van der Waals surface area contributed by atoms with Crippen molar-refractivity contribution in [2.24, 2.45) is 5.14 Å². The fourth-order valence-corrected chi connectivity index (χ4v) is 3.09. The Morgan fingerprint density at radius 2 is 2.00 bits per heavy atom. The van der Waals surface area contributed by atoms with Gasteiger partial charge in [-0.1, -0.05) is 6.07 Å². The number of rotatable bonds is 4. The molecule has 0 aliphatic carbocycles. The minimum Gasteiger partial charge on any atom is -0.468 e. The lowest BCUT2D eigenvalue weighted by molar-refractivity contribution is 0.530. The number of hydrogen-bond acceptors (Lipinski definition) is 5. The van der Waals surface area contributed by atoms with E-state index in [2.05, 4.69) is 0 Å². The number of para-hydroxylation sites is 1. The van der Waals surface area contributed by atoms with Crippen molar-refractivity contribution in [2.45, 2.75) is 15.5 Å². The lowest BCUT2D eigenvalue weighted by Gasteiger charge is -2.08. The molecule has 0 bridgehead atoms. The van der Waals surface area contributed by atoms with E-state index in [0.29, 0.717) is 10.6 Å². The Bertz CT molecular complexity index is 636. The summed E-state index contributed by atoms with van der Waals surface area (Å²) in [5, 5.41) is 5.08. The van der Waals surface area contributed by atoms with Crippen LogP contribution >= 0.6 is 11.8 Å². The molecular weight excluding hydrogens is 272 g/mol. The number of primary sulfonamides is 1. The summed E-state index contributed by atoms with van der Waals surface area (Å²) < 4.78 is 27.8. The second kappa shape index (κ2) is 5.05. The monoisotopic (exact) mass is 284 g/mol. The van der Waals surface area contributed by atoms with Gasteiger partial charge in [0.15, 0.2) is 0 Å². The number of sulfonamides is 1. The first kappa shape index (κ1) is 13.0. The standard InChI is InChI=1S/C11H12N2O3S2/c12-11-9(17-7-8-3-2-6-16-8)4-1-5-10(11)18(13,14)15/h1-6H,7,12H2,(H2,13,14,15). The van der Waals surface area contributed by atoms with Gasteiger partial charge in [-0.2, -0.15) is 0 Å². The summed E-state index contributed by atoms with van der Waals surface area (Å²) in [7, 11) is -3.79. The molecule has 0 amide bonds. The first-order chi connectivity index (χ1) is 8.48. The highest BCUT2D eigenvalue weighted by molar-refractivity contribution is 7.98. The molecule has 5 nitrogen and oxygen atoms in total. The minimum absolute atomic E-state index is 0.0491. The molecule has 0 unspecified atom stereocenters. The maximum Gasteiger partial charge on any atom is 0.240 e. The molecule has 7 heteroatoms. The fourth-order valence-electron chi connectivity index (χ4n) is 1.44. The molecule has 1 heterocycles. The SMILES string of the molecule is Nc1c(SCc2ccco2)cccc1S(N)(=O)=O. The predicted molar refractivity (Wildman–Crippen MR) is 70.5 cm³/mol. The van der Waals surface area contributed by atoms with E-state index in [4.69, 9.17) is 15.3 Å². The zero-order chi connectivity index (χ0) is 13.2. The Morgan fingerprint density at radius 3 is 2.61 bits per heavy atom. The van der Waals surface area contributed by atoms with Crippen molar-refractivity contribution in [1.82, 2.24) is 0 Å². The molecular formula is C11H12N2O3S2. The first-order valence-corrected chi connectivity index (χ1v) is 7.58. The van der Waals surface area contributed by atoms with Crippen LogP contribution in [-0.2, 0) is 15.8 Å². The van der Waals surface area contributed by atoms with Crippen LogP contribution in [0.1, 0.15) is 5.76 Å². The lowest BCUT2D eigenvalue weighted by Crippen LogP contribution is -2.14. The van der Waals surface area contributed by atoms with E-state index in [1.54, 1.807) is 24.5 Å². The Kier molecular flexibility index (Phi) is 3.65. The average Bonchev–Trinajstić information content (AvgIpc) is 2.79. The molecule has 0 saturated heterocycles. The largest absolute Gasteiger partial charge is 0.468 e. The lowest BCUT2D eigenvalue weighted by atomic mass is 10.3. The number of nitrogens with two attached hydrogens (primary N) is 2.